The van der Waals surface area contributed by atoms with Gasteiger partial charge in [0.05, 0.1) is 5.75 Å². The van der Waals surface area contributed by atoms with E-state index in [4.69, 9.17) is 23.2 Å². The van der Waals surface area contributed by atoms with Gasteiger partial charge in [-0.25, -0.2) is 0 Å². The molecule has 0 heterocycles. The van der Waals surface area contributed by atoms with Crippen LogP contribution in [0.4, 0.5) is 0 Å². The van der Waals surface area contributed by atoms with Gasteiger partial charge in [0.2, 0.25) is 11.8 Å². The first-order valence-corrected chi connectivity index (χ1v) is 13.2. The SMILES string of the molecule is CC[C@@H](C)NC(=O)[C@@H](CC)N(Cc1ccc(Cl)cc1Cl)C(=O)CSCc1cc(C)cc(C)c1. The lowest BCUT2D eigenvalue weighted by atomic mass is 10.1. The molecule has 0 saturated heterocycles. The molecule has 180 valence electrons. The van der Waals surface area contributed by atoms with E-state index >= 15 is 0 Å². The van der Waals surface area contributed by atoms with E-state index in [1.165, 1.54) is 16.7 Å². The molecule has 0 bridgehead atoms. The van der Waals surface area contributed by atoms with Crippen molar-refractivity contribution in [2.24, 2.45) is 0 Å². The fourth-order valence-electron chi connectivity index (χ4n) is 3.69. The minimum Gasteiger partial charge on any atom is -0.352 e. The van der Waals surface area contributed by atoms with Crippen molar-refractivity contribution in [2.75, 3.05) is 5.75 Å². The van der Waals surface area contributed by atoms with Crippen LogP contribution in [0, 0.1) is 13.8 Å². The Balaban J connectivity index is 2.20. The van der Waals surface area contributed by atoms with Crippen LogP contribution in [-0.4, -0.2) is 34.6 Å². The van der Waals surface area contributed by atoms with Gasteiger partial charge in [-0.1, -0.05) is 72.4 Å². The molecule has 2 amide bonds. The summed E-state index contributed by atoms with van der Waals surface area (Å²) in [4.78, 5) is 28.0. The van der Waals surface area contributed by atoms with E-state index in [0.29, 0.717) is 16.5 Å². The molecule has 2 atom stereocenters. The Morgan fingerprint density at radius 1 is 1.03 bits per heavy atom. The van der Waals surface area contributed by atoms with Crippen LogP contribution < -0.4 is 5.32 Å². The lowest BCUT2D eigenvalue weighted by molar-refractivity contribution is -0.139. The topological polar surface area (TPSA) is 49.4 Å². The molecule has 0 aliphatic rings. The van der Waals surface area contributed by atoms with Crippen LogP contribution in [-0.2, 0) is 21.9 Å². The standard InChI is InChI=1S/C26H34Cl2N2O2S/c1-6-19(5)29-26(32)24(7-2)30(14-21-8-9-22(27)13-23(21)28)25(31)16-33-15-20-11-17(3)10-18(4)12-20/h8-13,19,24H,6-7,14-16H2,1-5H3,(H,29,32)/t19-,24-/m1/s1. The average Bonchev–Trinajstić information content (AvgIpc) is 2.74. The Kier molecular flexibility index (Phi) is 11.1. The van der Waals surface area contributed by atoms with Crippen LogP contribution in [0.15, 0.2) is 36.4 Å². The van der Waals surface area contributed by atoms with E-state index < -0.39 is 6.04 Å². The van der Waals surface area contributed by atoms with E-state index in [1.54, 1.807) is 28.8 Å². The summed E-state index contributed by atoms with van der Waals surface area (Å²) in [6.45, 7) is 10.3. The van der Waals surface area contributed by atoms with Gasteiger partial charge in [0.25, 0.3) is 0 Å². The number of carbonyl (C=O) groups is 2. The number of benzene rings is 2. The Labute approximate surface area is 212 Å². The van der Waals surface area contributed by atoms with Crippen LogP contribution in [0.5, 0.6) is 0 Å². The van der Waals surface area contributed by atoms with Crippen LogP contribution in [0.2, 0.25) is 10.0 Å². The fraction of sp³-hybridized carbons (Fsp3) is 0.462. The summed E-state index contributed by atoms with van der Waals surface area (Å²) in [6.07, 6.45) is 1.34. The predicted molar refractivity (Wildman–Crippen MR) is 141 cm³/mol. The number of nitrogens with zero attached hydrogens (tertiary/aromatic N) is 1. The second-order valence-corrected chi connectivity index (χ2v) is 10.3. The average molecular weight is 510 g/mol. The minimum absolute atomic E-state index is 0.0431. The molecule has 0 aliphatic heterocycles. The van der Waals surface area contributed by atoms with Crippen molar-refractivity contribution in [3.63, 3.8) is 0 Å². The molecule has 4 nitrogen and oxygen atoms in total. The van der Waals surface area contributed by atoms with Gasteiger partial charge >= 0.3 is 0 Å². The Bertz CT molecular complexity index is 947. The fourth-order valence-corrected chi connectivity index (χ4v) is 5.00. The molecule has 0 fully saturated rings. The molecule has 0 radical (unpaired) electrons. The van der Waals surface area contributed by atoms with Crippen molar-refractivity contribution in [3.8, 4) is 0 Å². The first-order chi connectivity index (χ1) is 15.6. The van der Waals surface area contributed by atoms with Gasteiger partial charge in [-0.05, 0) is 56.9 Å². The monoisotopic (exact) mass is 508 g/mol. The summed E-state index contributed by atoms with van der Waals surface area (Å²) in [7, 11) is 0. The maximum absolute atomic E-state index is 13.4. The van der Waals surface area contributed by atoms with Gasteiger partial charge in [0.1, 0.15) is 6.04 Å². The van der Waals surface area contributed by atoms with Crippen molar-refractivity contribution in [1.82, 2.24) is 10.2 Å². The highest BCUT2D eigenvalue weighted by molar-refractivity contribution is 7.99. The second-order valence-electron chi connectivity index (χ2n) is 8.49. The Morgan fingerprint density at radius 2 is 1.70 bits per heavy atom. The molecule has 0 aromatic heterocycles. The van der Waals surface area contributed by atoms with Crippen molar-refractivity contribution in [3.05, 3.63) is 68.7 Å². The summed E-state index contributed by atoms with van der Waals surface area (Å²) in [5.41, 5.74) is 4.38. The van der Waals surface area contributed by atoms with Crippen molar-refractivity contribution < 1.29 is 9.59 Å². The summed E-state index contributed by atoms with van der Waals surface area (Å²) in [6, 6.07) is 11.1. The van der Waals surface area contributed by atoms with Crippen LogP contribution in [0.25, 0.3) is 0 Å². The quantitative estimate of drug-likeness (QED) is 0.373. The third-order valence-corrected chi connectivity index (χ3v) is 7.09. The zero-order chi connectivity index (χ0) is 24.5. The lowest BCUT2D eigenvalue weighted by Gasteiger charge is -2.31. The molecular weight excluding hydrogens is 475 g/mol. The smallest absolute Gasteiger partial charge is 0.243 e. The van der Waals surface area contributed by atoms with E-state index in [2.05, 4.69) is 37.4 Å². The van der Waals surface area contributed by atoms with Gasteiger partial charge in [-0.15, -0.1) is 11.8 Å². The van der Waals surface area contributed by atoms with E-state index in [1.807, 2.05) is 26.8 Å². The summed E-state index contributed by atoms with van der Waals surface area (Å²) < 4.78 is 0. The van der Waals surface area contributed by atoms with E-state index in [0.717, 1.165) is 17.7 Å². The van der Waals surface area contributed by atoms with Crippen molar-refractivity contribution >= 4 is 46.8 Å². The number of hydrogen-bond acceptors (Lipinski definition) is 3. The highest BCUT2D eigenvalue weighted by Gasteiger charge is 2.29. The lowest BCUT2D eigenvalue weighted by Crippen LogP contribution is -2.51. The largest absolute Gasteiger partial charge is 0.352 e. The van der Waals surface area contributed by atoms with E-state index in [-0.39, 0.29) is 30.2 Å². The first-order valence-electron chi connectivity index (χ1n) is 11.3. The molecule has 2 rings (SSSR count). The molecule has 0 aliphatic carbocycles. The molecule has 33 heavy (non-hydrogen) atoms. The maximum atomic E-state index is 13.4. The van der Waals surface area contributed by atoms with Crippen LogP contribution in [0.3, 0.4) is 0 Å². The molecular formula is C26H34Cl2N2O2S. The number of hydrogen-bond donors (Lipinski definition) is 1. The predicted octanol–water partition coefficient (Wildman–Crippen LogP) is 6.57. The number of rotatable bonds is 11. The van der Waals surface area contributed by atoms with Gasteiger partial charge in [0, 0.05) is 28.4 Å². The molecule has 0 unspecified atom stereocenters. The zero-order valence-corrected chi connectivity index (χ0v) is 22.4. The van der Waals surface area contributed by atoms with Crippen LogP contribution in [0.1, 0.15) is 55.9 Å². The number of carbonyl (C=O) groups excluding carboxylic acids is 2. The molecule has 2 aromatic carbocycles. The number of nitrogens with one attached hydrogen (secondary N) is 1. The third kappa shape index (κ3) is 8.55. The Morgan fingerprint density at radius 3 is 2.27 bits per heavy atom. The molecule has 0 spiro atoms. The molecule has 0 saturated carbocycles. The number of thioether (sulfide) groups is 1. The molecule has 7 heteroatoms. The zero-order valence-electron chi connectivity index (χ0n) is 20.1. The molecule has 1 N–H and O–H groups in total. The van der Waals surface area contributed by atoms with Gasteiger partial charge in [-0.2, -0.15) is 0 Å². The third-order valence-electron chi connectivity index (χ3n) is 5.52. The summed E-state index contributed by atoms with van der Waals surface area (Å²) in [5, 5.41) is 4.05. The van der Waals surface area contributed by atoms with E-state index in [9.17, 15) is 9.59 Å². The minimum atomic E-state index is -0.569. The van der Waals surface area contributed by atoms with Gasteiger partial charge < -0.3 is 10.2 Å². The van der Waals surface area contributed by atoms with Gasteiger partial charge in [-0.3, -0.25) is 9.59 Å². The number of aryl methyl sites for hydroxylation is 2. The second kappa shape index (κ2) is 13.3. The van der Waals surface area contributed by atoms with Crippen LogP contribution >= 0.6 is 35.0 Å². The normalized spacial score (nSPS) is 12.8. The maximum Gasteiger partial charge on any atom is 0.243 e. The van der Waals surface area contributed by atoms with Gasteiger partial charge in [0.15, 0.2) is 0 Å². The number of amides is 2. The van der Waals surface area contributed by atoms with Crippen molar-refractivity contribution in [2.45, 2.75) is 71.8 Å². The molecule has 2 aromatic rings. The highest BCUT2D eigenvalue weighted by atomic mass is 35.5. The highest BCUT2D eigenvalue weighted by Crippen LogP contribution is 2.25. The summed E-state index contributed by atoms with van der Waals surface area (Å²) in [5.74, 6) is 0.802. The Hall–Kier alpha value is -1.69. The summed E-state index contributed by atoms with van der Waals surface area (Å²) >= 11 is 14.0. The number of halogens is 2. The van der Waals surface area contributed by atoms with Crippen molar-refractivity contribution in [1.29, 1.82) is 0 Å². The first kappa shape index (κ1) is 27.6.